The van der Waals surface area contributed by atoms with Crippen molar-refractivity contribution >= 4 is 26.7 Å². The topological polar surface area (TPSA) is 84.9 Å². The predicted octanol–water partition coefficient (Wildman–Crippen LogP) is 3.58. The maximum Gasteiger partial charge on any atom is 0.253 e. The van der Waals surface area contributed by atoms with Crippen molar-refractivity contribution in [3.05, 3.63) is 71.8 Å². The molecule has 1 aliphatic heterocycles. The van der Waals surface area contributed by atoms with Gasteiger partial charge in [0.05, 0.1) is 18.1 Å². The van der Waals surface area contributed by atoms with Crippen LogP contribution in [-0.4, -0.2) is 52.6 Å². The fourth-order valence-corrected chi connectivity index (χ4v) is 5.06. The Morgan fingerprint density at radius 1 is 1.12 bits per heavy atom. The molecule has 0 radical (unpaired) electrons. The number of sulfonamides is 1. The minimum Gasteiger partial charge on any atom is -0.497 e. The van der Waals surface area contributed by atoms with E-state index in [2.05, 4.69) is 4.72 Å². The number of benzene rings is 3. The Kier molecular flexibility index (Phi) is 6.97. The van der Waals surface area contributed by atoms with Crippen LogP contribution in [0.15, 0.2) is 65.6 Å². The van der Waals surface area contributed by atoms with Crippen molar-refractivity contribution in [3.8, 4) is 5.75 Å². The monoisotopic (exact) mass is 468 g/mol. The Bertz CT molecular complexity index is 1250. The second kappa shape index (κ2) is 9.91. The molecule has 0 saturated carbocycles. The summed E-state index contributed by atoms with van der Waals surface area (Å²) in [6, 6.07) is 18.0. The van der Waals surface area contributed by atoms with Gasteiger partial charge in [-0.15, -0.1) is 0 Å². The van der Waals surface area contributed by atoms with Gasteiger partial charge in [0.2, 0.25) is 10.0 Å². The highest BCUT2D eigenvalue weighted by Gasteiger charge is 2.22. The molecule has 3 aromatic carbocycles. The third-order valence-corrected chi connectivity index (χ3v) is 7.22. The number of nitrogens with one attached hydrogen (secondary N) is 1. The van der Waals surface area contributed by atoms with Gasteiger partial charge in [0.15, 0.2) is 0 Å². The van der Waals surface area contributed by atoms with E-state index in [1.165, 1.54) is 12.1 Å². The zero-order chi connectivity index (χ0) is 23.4. The quantitative estimate of drug-likeness (QED) is 0.546. The van der Waals surface area contributed by atoms with Crippen molar-refractivity contribution in [1.82, 2.24) is 9.62 Å². The first kappa shape index (κ1) is 23.2. The second-order valence-corrected chi connectivity index (χ2v) is 9.99. The largest absolute Gasteiger partial charge is 0.497 e. The van der Waals surface area contributed by atoms with Crippen LogP contribution in [0.1, 0.15) is 28.8 Å². The van der Waals surface area contributed by atoms with E-state index >= 15 is 0 Å². The van der Waals surface area contributed by atoms with Gasteiger partial charge in [-0.25, -0.2) is 13.1 Å². The van der Waals surface area contributed by atoms with Crippen LogP contribution < -0.4 is 9.46 Å². The van der Waals surface area contributed by atoms with Crippen LogP contribution in [0.25, 0.3) is 10.8 Å². The molecule has 7 nitrogen and oxygen atoms in total. The van der Waals surface area contributed by atoms with Crippen molar-refractivity contribution in [2.75, 3.05) is 27.3 Å². The van der Waals surface area contributed by atoms with E-state index in [1.807, 2.05) is 36.4 Å². The summed E-state index contributed by atoms with van der Waals surface area (Å²) >= 11 is 0. The number of rotatable bonds is 8. The van der Waals surface area contributed by atoms with Gasteiger partial charge in [0, 0.05) is 32.3 Å². The molecule has 0 bridgehead atoms. The Hall–Kier alpha value is -2.94. The average Bonchev–Trinajstić information content (AvgIpc) is 3.36. The van der Waals surface area contributed by atoms with E-state index < -0.39 is 10.0 Å². The lowest BCUT2D eigenvalue weighted by atomic mass is 10.1. The summed E-state index contributed by atoms with van der Waals surface area (Å²) in [5, 5.41) is 2.11. The zero-order valence-electron chi connectivity index (χ0n) is 18.8. The fourth-order valence-electron chi connectivity index (χ4n) is 3.95. The molecule has 1 N–H and O–H groups in total. The molecule has 0 spiro atoms. The minimum atomic E-state index is -3.73. The maximum atomic E-state index is 13.0. The first-order valence-electron chi connectivity index (χ1n) is 10.9. The number of hydrogen-bond donors (Lipinski definition) is 1. The Morgan fingerprint density at radius 2 is 1.91 bits per heavy atom. The van der Waals surface area contributed by atoms with Gasteiger partial charge in [-0.05, 0) is 65.6 Å². The lowest BCUT2D eigenvalue weighted by Crippen LogP contribution is -2.32. The summed E-state index contributed by atoms with van der Waals surface area (Å²) in [5.74, 6) is 0.545. The number of amides is 1. The van der Waals surface area contributed by atoms with Gasteiger partial charge in [0.1, 0.15) is 5.75 Å². The number of carbonyl (C=O) groups is 1. The third kappa shape index (κ3) is 5.52. The summed E-state index contributed by atoms with van der Waals surface area (Å²) < 4.78 is 38.7. The molecular formula is C25H28N2O5S. The van der Waals surface area contributed by atoms with Crippen LogP contribution >= 0.6 is 0 Å². The highest BCUT2D eigenvalue weighted by atomic mass is 32.2. The van der Waals surface area contributed by atoms with Crippen molar-refractivity contribution in [2.24, 2.45) is 0 Å². The van der Waals surface area contributed by atoms with Gasteiger partial charge in [-0.3, -0.25) is 4.79 Å². The van der Waals surface area contributed by atoms with Crippen LogP contribution in [0.4, 0.5) is 0 Å². The smallest absolute Gasteiger partial charge is 0.253 e. The van der Waals surface area contributed by atoms with Gasteiger partial charge in [-0.1, -0.05) is 24.3 Å². The van der Waals surface area contributed by atoms with Crippen LogP contribution in [0.2, 0.25) is 0 Å². The van der Waals surface area contributed by atoms with Crippen molar-refractivity contribution in [1.29, 1.82) is 0 Å². The highest BCUT2D eigenvalue weighted by Crippen LogP contribution is 2.23. The molecule has 1 unspecified atom stereocenters. The molecule has 1 amide bonds. The average molecular weight is 469 g/mol. The first-order chi connectivity index (χ1) is 15.9. The van der Waals surface area contributed by atoms with Crippen LogP contribution in [0.3, 0.4) is 0 Å². The standard InChI is InChI=1S/C25H28N2O5S/c1-27(17-18-8-9-20-14-22(31-2)11-10-19(20)13-18)25(28)21-5-3-7-24(15-21)33(29,30)26-16-23-6-4-12-32-23/h3,5,7-11,13-15,23,26H,4,6,12,16-17H2,1-2H3. The van der Waals surface area contributed by atoms with Gasteiger partial charge < -0.3 is 14.4 Å². The van der Waals surface area contributed by atoms with Gasteiger partial charge in [-0.2, -0.15) is 0 Å². The normalized spacial score (nSPS) is 16.1. The molecule has 174 valence electrons. The Morgan fingerprint density at radius 3 is 2.67 bits per heavy atom. The number of carbonyl (C=O) groups excluding carboxylic acids is 1. The van der Waals surface area contributed by atoms with E-state index in [0.717, 1.165) is 34.9 Å². The molecule has 3 aromatic rings. The summed E-state index contributed by atoms with van der Waals surface area (Å²) in [6.07, 6.45) is 1.68. The van der Waals surface area contributed by atoms with Gasteiger partial charge >= 0.3 is 0 Å². The highest BCUT2D eigenvalue weighted by molar-refractivity contribution is 7.89. The number of nitrogens with zero attached hydrogens (tertiary/aromatic N) is 1. The Labute approximate surface area is 194 Å². The number of methoxy groups -OCH3 is 1. The van der Waals surface area contributed by atoms with E-state index in [1.54, 1.807) is 31.2 Å². The van der Waals surface area contributed by atoms with Crippen molar-refractivity contribution < 1.29 is 22.7 Å². The number of ether oxygens (including phenoxy) is 2. The molecule has 0 aromatic heterocycles. The van der Waals surface area contributed by atoms with E-state index in [4.69, 9.17) is 9.47 Å². The van der Waals surface area contributed by atoms with Crippen LogP contribution in [0, 0.1) is 0 Å². The molecular weight excluding hydrogens is 440 g/mol. The van der Waals surface area contributed by atoms with E-state index in [9.17, 15) is 13.2 Å². The van der Waals surface area contributed by atoms with Crippen LogP contribution in [-0.2, 0) is 21.3 Å². The fraction of sp³-hybridized carbons (Fsp3) is 0.320. The predicted molar refractivity (Wildman–Crippen MR) is 127 cm³/mol. The molecule has 33 heavy (non-hydrogen) atoms. The van der Waals surface area contributed by atoms with Crippen LogP contribution in [0.5, 0.6) is 5.75 Å². The van der Waals surface area contributed by atoms with E-state index in [0.29, 0.717) is 18.7 Å². The number of hydrogen-bond acceptors (Lipinski definition) is 5. The number of fused-ring (bicyclic) bond motifs is 1. The van der Waals surface area contributed by atoms with E-state index in [-0.39, 0.29) is 23.5 Å². The minimum absolute atomic E-state index is 0.0689. The SMILES string of the molecule is COc1ccc2cc(CN(C)C(=O)c3cccc(S(=O)(=O)NCC4CCCO4)c3)ccc2c1. The summed E-state index contributed by atoms with van der Waals surface area (Å²) in [7, 11) is -0.388. The maximum absolute atomic E-state index is 13.0. The van der Waals surface area contributed by atoms with Crippen molar-refractivity contribution in [3.63, 3.8) is 0 Å². The molecule has 8 heteroatoms. The molecule has 1 heterocycles. The zero-order valence-corrected chi connectivity index (χ0v) is 19.6. The molecule has 4 rings (SSSR count). The molecule has 1 fully saturated rings. The second-order valence-electron chi connectivity index (χ2n) is 8.22. The third-order valence-electron chi connectivity index (χ3n) is 5.79. The summed E-state index contributed by atoms with van der Waals surface area (Å²) in [5.41, 5.74) is 1.30. The lowest BCUT2D eigenvalue weighted by Gasteiger charge is -2.18. The molecule has 1 atom stereocenters. The Balaban J connectivity index is 1.45. The van der Waals surface area contributed by atoms with Crippen molar-refractivity contribution in [2.45, 2.75) is 30.4 Å². The molecule has 1 saturated heterocycles. The molecule has 1 aliphatic rings. The summed E-state index contributed by atoms with van der Waals surface area (Å²) in [6.45, 7) is 1.29. The summed E-state index contributed by atoms with van der Waals surface area (Å²) in [4.78, 5) is 14.7. The van der Waals surface area contributed by atoms with Gasteiger partial charge in [0.25, 0.3) is 5.91 Å². The first-order valence-corrected chi connectivity index (χ1v) is 12.4. The molecule has 0 aliphatic carbocycles. The lowest BCUT2D eigenvalue weighted by molar-refractivity contribution is 0.0785.